The van der Waals surface area contributed by atoms with E-state index in [4.69, 9.17) is 4.74 Å². The number of ether oxygens (including phenoxy) is 1. The van der Waals surface area contributed by atoms with Crippen molar-refractivity contribution in [3.8, 4) is 0 Å². The van der Waals surface area contributed by atoms with Crippen LogP contribution in [0.25, 0.3) is 10.8 Å². The number of methoxy groups -OCH3 is 1. The maximum atomic E-state index is 14.3. The molecule has 0 saturated carbocycles. The number of nitrogens with zero attached hydrogens (tertiary/aromatic N) is 3. The highest BCUT2D eigenvalue weighted by molar-refractivity contribution is 7.09. The van der Waals surface area contributed by atoms with E-state index in [2.05, 4.69) is 29.4 Å². The van der Waals surface area contributed by atoms with Gasteiger partial charge in [0.15, 0.2) is 0 Å². The van der Waals surface area contributed by atoms with Crippen LogP contribution in [0.3, 0.4) is 0 Å². The second-order valence-corrected chi connectivity index (χ2v) is 12.2. The van der Waals surface area contributed by atoms with Gasteiger partial charge in [-0.15, -0.1) is 11.3 Å². The number of carbonyl (C=O) groups excluding carboxylic acids is 3. The molecule has 4 rings (SSSR count). The molecule has 1 fully saturated rings. The van der Waals surface area contributed by atoms with E-state index in [9.17, 15) is 14.4 Å². The van der Waals surface area contributed by atoms with Gasteiger partial charge in [0.2, 0.25) is 17.7 Å². The Morgan fingerprint density at radius 2 is 1.86 bits per heavy atom. The van der Waals surface area contributed by atoms with Crippen LogP contribution >= 0.6 is 11.3 Å². The fourth-order valence-corrected chi connectivity index (χ4v) is 6.68. The lowest BCUT2D eigenvalue weighted by Crippen LogP contribution is -2.57. The number of benzene rings is 2. The summed E-state index contributed by atoms with van der Waals surface area (Å²) in [4.78, 5) is 47.6. The normalized spacial score (nSPS) is 16.7. The molecule has 0 radical (unpaired) electrons. The predicted molar refractivity (Wildman–Crippen MR) is 169 cm³/mol. The third-order valence-electron chi connectivity index (χ3n) is 8.37. The summed E-state index contributed by atoms with van der Waals surface area (Å²) < 4.78 is 5.15. The summed E-state index contributed by atoms with van der Waals surface area (Å²) in [6, 6.07) is 17.1. The number of nitrogens with one attached hydrogen (secondary N) is 1. The van der Waals surface area contributed by atoms with Crippen LogP contribution < -0.4 is 5.32 Å². The molecule has 1 N–H and O–H groups in total. The van der Waals surface area contributed by atoms with Crippen LogP contribution in [0.1, 0.15) is 36.6 Å². The second kappa shape index (κ2) is 15.3. The number of hydrogen-bond donors (Lipinski definition) is 1. The number of hydrogen-bond acceptors (Lipinski definition) is 6. The molecule has 2 unspecified atom stereocenters. The topological polar surface area (TPSA) is 82.2 Å². The highest BCUT2D eigenvalue weighted by Crippen LogP contribution is 2.22. The number of rotatable bonds is 14. The van der Waals surface area contributed by atoms with E-state index in [1.165, 1.54) is 13.5 Å². The molecular weight excluding hydrogens is 548 g/mol. The lowest BCUT2D eigenvalue weighted by atomic mass is 9.99. The molecule has 3 atom stereocenters. The Labute approximate surface area is 253 Å². The van der Waals surface area contributed by atoms with Gasteiger partial charge in [0.25, 0.3) is 0 Å². The van der Waals surface area contributed by atoms with Gasteiger partial charge in [0.1, 0.15) is 18.7 Å². The Morgan fingerprint density at radius 1 is 1.07 bits per heavy atom. The summed E-state index contributed by atoms with van der Waals surface area (Å²) in [5.74, 6) is -0.690. The fourth-order valence-electron chi connectivity index (χ4n) is 5.93. The minimum atomic E-state index is -0.783. The van der Waals surface area contributed by atoms with Gasteiger partial charge in [-0.25, -0.2) is 0 Å². The van der Waals surface area contributed by atoms with Gasteiger partial charge in [0.05, 0.1) is 0 Å². The summed E-state index contributed by atoms with van der Waals surface area (Å²) in [7, 11) is 5.29. The van der Waals surface area contributed by atoms with Crippen molar-refractivity contribution < 1.29 is 19.1 Å². The van der Waals surface area contributed by atoms with E-state index in [-0.39, 0.29) is 24.3 Å². The number of fused-ring (bicyclic) bond motifs is 1. The van der Waals surface area contributed by atoms with Gasteiger partial charge in [0, 0.05) is 51.0 Å². The second-order valence-electron chi connectivity index (χ2n) is 11.1. The molecule has 9 heteroatoms. The van der Waals surface area contributed by atoms with Crippen molar-refractivity contribution in [3.63, 3.8) is 0 Å². The van der Waals surface area contributed by atoms with E-state index < -0.39 is 12.1 Å². The Balaban J connectivity index is 1.58. The SMILES string of the molecule is CCN(C(=O)COC)[C@H](Cc1ccc2ccccc2c1)C(=O)N(C)C(Cc1cccs1)C(=O)NCCC1CCCN1C. The lowest BCUT2D eigenvalue weighted by Gasteiger charge is -2.36. The fraction of sp³-hybridized carbons (Fsp3) is 0.485. The molecule has 1 aliphatic rings. The van der Waals surface area contributed by atoms with Crippen LogP contribution in [0.5, 0.6) is 0 Å². The Bertz CT molecular complexity index is 1330. The van der Waals surface area contributed by atoms with Crippen molar-refractivity contribution in [2.45, 2.75) is 57.2 Å². The first kappa shape index (κ1) is 31.7. The zero-order valence-corrected chi connectivity index (χ0v) is 26.1. The van der Waals surface area contributed by atoms with Gasteiger partial charge >= 0.3 is 0 Å². The highest BCUT2D eigenvalue weighted by atomic mass is 32.1. The standard InChI is InChI=1S/C33H44N4O4S/c1-5-37(31(38)23-41-4)30(21-24-14-15-25-10-6-7-11-26(25)20-24)33(40)36(3)29(22-28-13-9-19-42-28)32(39)34-17-16-27-12-8-18-35(27)2/h6-7,9-11,13-15,19-20,27,29-30H,5,8,12,16-18,21-23H2,1-4H3,(H,34,39)/t27?,29?,30-/m1/s1. The highest BCUT2D eigenvalue weighted by Gasteiger charge is 2.36. The van der Waals surface area contributed by atoms with E-state index in [0.29, 0.717) is 32.0 Å². The number of carbonyl (C=O) groups is 3. The maximum absolute atomic E-state index is 14.3. The van der Waals surface area contributed by atoms with Crippen molar-refractivity contribution in [3.05, 3.63) is 70.4 Å². The summed E-state index contributed by atoms with van der Waals surface area (Å²) in [5, 5.41) is 7.28. The third kappa shape index (κ3) is 7.96. The average Bonchev–Trinajstić information content (AvgIpc) is 3.66. The molecule has 1 saturated heterocycles. The van der Waals surface area contributed by atoms with Gasteiger partial charge < -0.3 is 24.8 Å². The van der Waals surface area contributed by atoms with Gasteiger partial charge in [-0.1, -0.05) is 48.5 Å². The summed E-state index contributed by atoms with van der Waals surface area (Å²) in [6.07, 6.45) is 3.95. The predicted octanol–water partition coefficient (Wildman–Crippen LogP) is 3.98. The summed E-state index contributed by atoms with van der Waals surface area (Å²) in [6.45, 7) is 3.74. The Hall–Kier alpha value is -3.27. The van der Waals surface area contributed by atoms with Crippen LogP contribution in [0, 0.1) is 0 Å². The van der Waals surface area contributed by atoms with Crippen LogP contribution in [-0.2, 0) is 32.0 Å². The number of likely N-dealkylation sites (tertiary alicyclic amines) is 1. The number of amides is 3. The summed E-state index contributed by atoms with van der Waals surface area (Å²) in [5.41, 5.74) is 0.948. The molecule has 0 spiro atoms. The monoisotopic (exact) mass is 592 g/mol. The van der Waals surface area contributed by atoms with Crippen LogP contribution in [-0.4, -0.2) is 98.0 Å². The van der Waals surface area contributed by atoms with Crippen molar-refractivity contribution in [2.75, 3.05) is 47.4 Å². The quantitative estimate of drug-likeness (QED) is 0.306. The molecular formula is C33H44N4O4S. The molecule has 3 amide bonds. The van der Waals surface area contributed by atoms with E-state index in [1.807, 2.05) is 54.8 Å². The number of thiophene rings is 1. The van der Waals surface area contributed by atoms with Crippen LogP contribution in [0.15, 0.2) is 60.0 Å². The first-order valence-corrected chi connectivity index (χ1v) is 15.7. The maximum Gasteiger partial charge on any atom is 0.249 e. The van der Waals surface area contributed by atoms with Gasteiger partial charge in [-0.3, -0.25) is 14.4 Å². The average molecular weight is 593 g/mol. The molecule has 1 aliphatic heterocycles. The van der Waals surface area contributed by atoms with Crippen molar-refractivity contribution in [2.24, 2.45) is 0 Å². The molecule has 226 valence electrons. The van der Waals surface area contributed by atoms with Crippen molar-refractivity contribution in [1.29, 1.82) is 0 Å². The zero-order chi connectivity index (χ0) is 30.1. The number of likely N-dealkylation sites (N-methyl/N-ethyl adjacent to an activating group) is 2. The van der Waals surface area contributed by atoms with Gasteiger partial charge in [-0.05, 0) is 67.6 Å². The first-order valence-electron chi connectivity index (χ1n) is 14.9. The third-order valence-corrected chi connectivity index (χ3v) is 9.27. The lowest BCUT2D eigenvalue weighted by molar-refractivity contribution is -0.149. The molecule has 0 bridgehead atoms. The molecule has 42 heavy (non-hydrogen) atoms. The molecule has 0 aliphatic carbocycles. The largest absolute Gasteiger partial charge is 0.375 e. The minimum absolute atomic E-state index is 0.117. The summed E-state index contributed by atoms with van der Waals surface area (Å²) >= 11 is 1.57. The zero-order valence-electron chi connectivity index (χ0n) is 25.3. The molecule has 8 nitrogen and oxygen atoms in total. The van der Waals surface area contributed by atoms with E-state index >= 15 is 0 Å². The Morgan fingerprint density at radius 3 is 2.52 bits per heavy atom. The van der Waals surface area contributed by atoms with Crippen LogP contribution in [0.2, 0.25) is 0 Å². The molecule has 2 aromatic carbocycles. The minimum Gasteiger partial charge on any atom is -0.375 e. The van der Waals surface area contributed by atoms with Crippen LogP contribution in [0.4, 0.5) is 0 Å². The smallest absolute Gasteiger partial charge is 0.249 e. The first-order chi connectivity index (χ1) is 20.3. The van der Waals surface area contributed by atoms with Gasteiger partial charge in [-0.2, -0.15) is 0 Å². The van der Waals surface area contributed by atoms with E-state index in [0.717, 1.165) is 40.6 Å². The van der Waals surface area contributed by atoms with Crippen molar-refractivity contribution >= 4 is 39.8 Å². The Kier molecular flexibility index (Phi) is 11.5. The molecule has 3 aromatic rings. The molecule has 1 aromatic heterocycles. The van der Waals surface area contributed by atoms with Crippen molar-refractivity contribution in [1.82, 2.24) is 20.0 Å². The van der Waals surface area contributed by atoms with E-state index in [1.54, 1.807) is 28.2 Å². The molecule has 2 heterocycles.